The number of carbonyl (C=O) groups is 1. The Kier molecular flexibility index (Phi) is 5.08. The highest BCUT2D eigenvalue weighted by Crippen LogP contribution is 2.40. The summed E-state index contributed by atoms with van der Waals surface area (Å²) in [6.45, 7) is 9.61. The Morgan fingerprint density at radius 1 is 1.48 bits per heavy atom. The van der Waals surface area contributed by atoms with Crippen LogP contribution in [0, 0.1) is 5.41 Å². The number of aliphatic hydroxyl groups is 1. The van der Waals surface area contributed by atoms with E-state index in [9.17, 15) is 9.90 Å². The second-order valence-electron chi connectivity index (χ2n) is 7.95. The third-order valence-corrected chi connectivity index (χ3v) is 5.08. The summed E-state index contributed by atoms with van der Waals surface area (Å²) in [7, 11) is 0. The molecule has 2 aliphatic rings. The van der Waals surface area contributed by atoms with E-state index >= 15 is 0 Å². The van der Waals surface area contributed by atoms with Crippen LogP contribution in [0.2, 0.25) is 0 Å². The lowest BCUT2D eigenvalue weighted by molar-refractivity contribution is -0.121. The third-order valence-electron chi connectivity index (χ3n) is 5.08. The first-order valence-electron chi connectivity index (χ1n) is 9.07. The number of rotatable bonds is 4. The molecule has 0 bridgehead atoms. The number of amides is 1. The maximum Gasteiger partial charge on any atom is 0.225 e. The van der Waals surface area contributed by atoms with E-state index in [0.29, 0.717) is 6.42 Å². The molecule has 0 spiro atoms. The van der Waals surface area contributed by atoms with Crippen molar-refractivity contribution in [3.8, 4) is 0 Å². The first kappa shape index (κ1) is 17.9. The molecule has 0 radical (unpaired) electrons. The van der Waals surface area contributed by atoms with Crippen LogP contribution in [0.1, 0.15) is 56.8 Å². The lowest BCUT2D eigenvalue weighted by Gasteiger charge is -2.37. The predicted molar refractivity (Wildman–Crippen MR) is 97.3 cm³/mol. The monoisotopic (exact) mass is 344 g/mol. The standard InChI is InChI=1S/C19H28N4O2/c1-4-5-17(25)21-15-10-19(2,3)11-16-14(15)12-20-18(22-16)23-8-6-13(24)7-9-23/h4,12-13,15,24H,1,5-11H2,2-3H3,(H,21,25)/t15-/m1/s1. The van der Waals surface area contributed by atoms with Crippen LogP contribution < -0.4 is 10.2 Å². The van der Waals surface area contributed by atoms with Crippen LogP contribution in [0.25, 0.3) is 0 Å². The largest absolute Gasteiger partial charge is 0.393 e. The van der Waals surface area contributed by atoms with E-state index in [2.05, 4.69) is 35.6 Å². The Morgan fingerprint density at radius 2 is 2.20 bits per heavy atom. The minimum atomic E-state index is -0.211. The van der Waals surface area contributed by atoms with Gasteiger partial charge in [-0.3, -0.25) is 4.79 Å². The lowest BCUT2D eigenvalue weighted by atomic mass is 9.74. The van der Waals surface area contributed by atoms with Gasteiger partial charge in [-0.05, 0) is 31.1 Å². The third kappa shape index (κ3) is 4.18. The molecule has 1 aliphatic carbocycles. The van der Waals surface area contributed by atoms with E-state index in [1.807, 2.05) is 6.20 Å². The highest BCUT2D eigenvalue weighted by molar-refractivity contribution is 5.77. The molecule has 0 aromatic carbocycles. The molecule has 1 atom stereocenters. The number of fused-ring (bicyclic) bond motifs is 1. The fourth-order valence-electron chi connectivity index (χ4n) is 3.77. The maximum absolute atomic E-state index is 12.0. The van der Waals surface area contributed by atoms with Crippen LogP contribution in [-0.2, 0) is 11.2 Å². The summed E-state index contributed by atoms with van der Waals surface area (Å²) in [5, 5.41) is 12.8. The topological polar surface area (TPSA) is 78.4 Å². The van der Waals surface area contributed by atoms with Crippen molar-refractivity contribution in [1.82, 2.24) is 15.3 Å². The van der Waals surface area contributed by atoms with Crippen molar-refractivity contribution in [3.05, 3.63) is 30.1 Å². The highest BCUT2D eigenvalue weighted by Gasteiger charge is 2.34. The fourth-order valence-corrected chi connectivity index (χ4v) is 3.77. The molecule has 0 saturated carbocycles. The molecule has 2 N–H and O–H groups in total. The molecule has 1 aliphatic heterocycles. The molecule has 1 amide bonds. The Balaban J connectivity index is 1.83. The molecule has 3 rings (SSSR count). The van der Waals surface area contributed by atoms with Crippen molar-refractivity contribution < 1.29 is 9.90 Å². The first-order chi connectivity index (χ1) is 11.9. The van der Waals surface area contributed by atoms with E-state index in [4.69, 9.17) is 4.98 Å². The molecule has 1 saturated heterocycles. The zero-order valence-electron chi connectivity index (χ0n) is 15.2. The second-order valence-corrected chi connectivity index (χ2v) is 7.95. The number of aromatic nitrogens is 2. The zero-order valence-corrected chi connectivity index (χ0v) is 15.2. The number of hydrogen-bond acceptors (Lipinski definition) is 5. The smallest absolute Gasteiger partial charge is 0.225 e. The summed E-state index contributed by atoms with van der Waals surface area (Å²) in [6.07, 6.45) is 6.87. The van der Waals surface area contributed by atoms with Crippen molar-refractivity contribution in [1.29, 1.82) is 0 Å². The van der Waals surface area contributed by atoms with E-state index in [-0.39, 0.29) is 23.5 Å². The Hall–Kier alpha value is -1.95. The molecular weight excluding hydrogens is 316 g/mol. The lowest BCUT2D eigenvalue weighted by Crippen LogP contribution is -2.39. The minimum Gasteiger partial charge on any atom is -0.393 e. The summed E-state index contributed by atoms with van der Waals surface area (Å²) in [5.74, 6) is 0.720. The Labute approximate surface area is 149 Å². The molecule has 1 fully saturated rings. The molecule has 0 unspecified atom stereocenters. The molecular formula is C19H28N4O2. The molecule has 25 heavy (non-hydrogen) atoms. The van der Waals surface area contributed by atoms with Crippen molar-refractivity contribution in [3.63, 3.8) is 0 Å². The van der Waals surface area contributed by atoms with Gasteiger partial charge in [-0.15, -0.1) is 6.58 Å². The van der Waals surface area contributed by atoms with Crippen LogP contribution in [0.3, 0.4) is 0 Å². The number of anilines is 1. The SMILES string of the molecule is C=CCC(=O)N[C@@H]1CC(C)(C)Cc2nc(N3CCC(O)CC3)ncc21. The number of piperidine rings is 1. The quantitative estimate of drug-likeness (QED) is 0.818. The van der Waals surface area contributed by atoms with Gasteiger partial charge in [0.15, 0.2) is 0 Å². The van der Waals surface area contributed by atoms with E-state index in [1.54, 1.807) is 6.08 Å². The number of hydrogen-bond donors (Lipinski definition) is 2. The molecule has 1 aromatic rings. The molecule has 6 heteroatoms. The van der Waals surface area contributed by atoms with Gasteiger partial charge in [0.1, 0.15) is 0 Å². The molecule has 6 nitrogen and oxygen atoms in total. The van der Waals surface area contributed by atoms with Crippen LogP contribution >= 0.6 is 0 Å². The fraction of sp³-hybridized carbons (Fsp3) is 0.632. The average molecular weight is 344 g/mol. The Bertz CT molecular complexity index is 651. The number of aliphatic hydroxyl groups excluding tert-OH is 1. The number of carbonyl (C=O) groups excluding carboxylic acids is 1. The van der Waals surface area contributed by atoms with Crippen LogP contribution in [0.5, 0.6) is 0 Å². The van der Waals surface area contributed by atoms with E-state index in [1.165, 1.54) is 0 Å². The predicted octanol–water partition coefficient (Wildman–Crippen LogP) is 2.14. The summed E-state index contributed by atoms with van der Waals surface area (Å²) >= 11 is 0. The van der Waals surface area contributed by atoms with Gasteiger partial charge in [0.2, 0.25) is 11.9 Å². The average Bonchev–Trinajstić information content (AvgIpc) is 2.54. The van der Waals surface area contributed by atoms with Gasteiger partial charge in [0.25, 0.3) is 0 Å². The number of nitrogens with one attached hydrogen (secondary N) is 1. The second kappa shape index (κ2) is 7.12. The summed E-state index contributed by atoms with van der Waals surface area (Å²) in [4.78, 5) is 23.5. The van der Waals surface area contributed by atoms with Crippen molar-refractivity contribution >= 4 is 11.9 Å². The van der Waals surface area contributed by atoms with Gasteiger partial charge in [-0.2, -0.15) is 0 Å². The van der Waals surface area contributed by atoms with Gasteiger partial charge in [0, 0.05) is 31.3 Å². The van der Waals surface area contributed by atoms with Crippen molar-refractivity contribution in [2.75, 3.05) is 18.0 Å². The summed E-state index contributed by atoms with van der Waals surface area (Å²) in [6, 6.07) is -0.0524. The van der Waals surface area contributed by atoms with Gasteiger partial charge in [-0.25, -0.2) is 9.97 Å². The number of nitrogens with zero attached hydrogens (tertiary/aromatic N) is 3. The molecule has 1 aromatic heterocycles. The van der Waals surface area contributed by atoms with Crippen LogP contribution in [0.15, 0.2) is 18.9 Å². The highest BCUT2D eigenvalue weighted by atomic mass is 16.3. The molecule has 2 heterocycles. The minimum absolute atomic E-state index is 0.0160. The van der Waals surface area contributed by atoms with Crippen molar-refractivity contribution in [2.45, 2.75) is 58.1 Å². The normalized spacial score (nSPS) is 23.0. The van der Waals surface area contributed by atoms with Gasteiger partial charge in [0.05, 0.1) is 17.8 Å². The first-order valence-corrected chi connectivity index (χ1v) is 9.07. The van der Waals surface area contributed by atoms with E-state index < -0.39 is 0 Å². The van der Waals surface area contributed by atoms with Crippen LogP contribution in [0.4, 0.5) is 5.95 Å². The van der Waals surface area contributed by atoms with E-state index in [0.717, 1.165) is 56.0 Å². The summed E-state index contributed by atoms with van der Waals surface area (Å²) < 4.78 is 0. The van der Waals surface area contributed by atoms with Crippen LogP contribution in [-0.4, -0.2) is 40.2 Å². The Morgan fingerprint density at radius 3 is 2.88 bits per heavy atom. The van der Waals surface area contributed by atoms with Gasteiger partial charge >= 0.3 is 0 Å². The molecule has 136 valence electrons. The van der Waals surface area contributed by atoms with Crippen molar-refractivity contribution in [2.24, 2.45) is 5.41 Å². The van der Waals surface area contributed by atoms with Gasteiger partial charge in [-0.1, -0.05) is 19.9 Å². The maximum atomic E-state index is 12.0. The zero-order chi connectivity index (χ0) is 18.0. The van der Waals surface area contributed by atoms with Gasteiger partial charge < -0.3 is 15.3 Å². The summed E-state index contributed by atoms with van der Waals surface area (Å²) in [5.41, 5.74) is 2.12.